The lowest BCUT2D eigenvalue weighted by Gasteiger charge is -2.10. The third-order valence-electron chi connectivity index (χ3n) is 4.68. The Hall–Kier alpha value is -3.20. The highest BCUT2D eigenvalue weighted by atomic mass is 16.5. The van der Waals surface area contributed by atoms with Crippen LogP contribution in [0.3, 0.4) is 0 Å². The number of aromatic amines is 1. The maximum atomic E-state index is 12.6. The summed E-state index contributed by atoms with van der Waals surface area (Å²) >= 11 is 0. The van der Waals surface area contributed by atoms with Crippen LogP contribution >= 0.6 is 0 Å². The summed E-state index contributed by atoms with van der Waals surface area (Å²) in [4.78, 5) is 20.0. The molecule has 4 rings (SSSR count). The standard InChI is InChI=1S/C19H22N6O3/c1-27-9-8-25-12-21-24-17(25)6-7-20-19-22-15-11-28-16-5-3-2-4-13(16)10-14(15)18(26)23-19/h2-5,12H,6-11H2,1H3,(H2,20,22,23,26). The summed E-state index contributed by atoms with van der Waals surface area (Å²) in [6.07, 6.45) is 2.84. The second-order valence-corrected chi connectivity index (χ2v) is 6.52. The number of H-pyrrole nitrogens is 1. The highest BCUT2D eigenvalue weighted by Crippen LogP contribution is 2.25. The molecule has 1 aliphatic rings. The molecule has 1 aromatic carbocycles. The molecule has 2 aromatic heterocycles. The van der Waals surface area contributed by atoms with Crippen LogP contribution in [0.4, 0.5) is 5.95 Å². The zero-order chi connectivity index (χ0) is 19.3. The van der Waals surface area contributed by atoms with Crippen molar-refractivity contribution in [3.05, 3.63) is 63.6 Å². The summed E-state index contributed by atoms with van der Waals surface area (Å²) in [5.41, 5.74) is 2.15. The van der Waals surface area contributed by atoms with Gasteiger partial charge in [0.15, 0.2) is 0 Å². The molecule has 0 saturated heterocycles. The Kier molecular flexibility index (Phi) is 5.34. The van der Waals surface area contributed by atoms with Crippen molar-refractivity contribution < 1.29 is 9.47 Å². The first-order valence-corrected chi connectivity index (χ1v) is 9.17. The first-order valence-electron chi connectivity index (χ1n) is 9.17. The molecule has 0 amide bonds. The fourth-order valence-corrected chi connectivity index (χ4v) is 3.20. The molecule has 0 radical (unpaired) electrons. The summed E-state index contributed by atoms with van der Waals surface area (Å²) < 4.78 is 12.9. The average molecular weight is 382 g/mol. The van der Waals surface area contributed by atoms with E-state index < -0.39 is 0 Å². The first-order chi connectivity index (χ1) is 13.7. The van der Waals surface area contributed by atoms with Gasteiger partial charge in [0.05, 0.1) is 12.3 Å². The number of anilines is 1. The molecule has 0 atom stereocenters. The van der Waals surface area contributed by atoms with Gasteiger partial charge >= 0.3 is 0 Å². The van der Waals surface area contributed by atoms with Crippen molar-refractivity contribution in [1.29, 1.82) is 0 Å². The highest BCUT2D eigenvalue weighted by molar-refractivity contribution is 5.41. The second-order valence-electron chi connectivity index (χ2n) is 6.52. The zero-order valence-electron chi connectivity index (χ0n) is 15.6. The van der Waals surface area contributed by atoms with Gasteiger partial charge in [-0.05, 0) is 11.6 Å². The zero-order valence-corrected chi connectivity index (χ0v) is 15.6. The Morgan fingerprint density at radius 3 is 3.14 bits per heavy atom. The molecule has 0 fully saturated rings. The smallest absolute Gasteiger partial charge is 0.256 e. The van der Waals surface area contributed by atoms with E-state index in [4.69, 9.17) is 9.47 Å². The lowest BCUT2D eigenvalue weighted by atomic mass is 10.1. The number of para-hydroxylation sites is 1. The topological polar surface area (TPSA) is 107 Å². The summed E-state index contributed by atoms with van der Waals surface area (Å²) in [6.45, 7) is 2.13. The number of methoxy groups -OCH3 is 1. The minimum Gasteiger partial charge on any atom is -0.487 e. The van der Waals surface area contributed by atoms with Crippen molar-refractivity contribution in [2.24, 2.45) is 0 Å². The van der Waals surface area contributed by atoms with Crippen molar-refractivity contribution in [2.75, 3.05) is 25.6 Å². The predicted molar refractivity (Wildman–Crippen MR) is 103 cm³/mol. The number of benzene rings is 1. The van der Waals surface area contributed by atoms with Crippen molar-refractivity contribution >= 4 is 5.95 Å². The molecule has 146 valence electrons. The number of hydrogen-bond donors (Lipinski definition) is 2. The number of rotatable bonds is 7. The number of nitrogens with zero attached hydrogens (tertiary/aromatic N) is 4. The van der Waals surface area contributed by atoms with Crippen molar-refractivity contribution in [1.82, 2.24) is 24.7 Å². The number of nitrogens with one attached hydrogen (secondary N) is 2. The Balaban J connectivity index is 1.44. The van der Waals surface area contributed by atoms with E-state index in [1.54, 1.807) is 13.4 Å². The molecule has 2 N–H and O–H groups in total. The molecule has 1 aliphatic heterocycles. The molecule has 0 spiro atoms. The van der Waals surface area contributed by atoms with E-state index in [2.05, 4.69) is 25.5 Å². The van der Waals surface area contributed by atoms with Gasteiger partial charge in [0.2, 0.25) is 5.95 Å². The number of fused-ring (bicyclic) bond motifs is 2. The van der Waals surface area contributed by atoms with Gasteiger partial charge in [-0.3, -0.25) is 9.78 Å². The summed E-state index contributed by atoms with van der Waals surface area (Å²) in [7, 11) is 1.66. The maximum absolute atomic E-state index is 12.6. The van der Waals surface area contributed by atoms with Gasteiger partial charge in [-0.25, -0.2) is 4.98 Å². The molecule has 9 heteroatoms. The van der Waals surface area contributed by atoms with E-state index in [9.17, 15) is 4.79 Å². The maximum Gasteiger partial charge on any atom is 0.256 e. The SMILES string of the molecule is COCCn1cnnc1CCNc1nc2c(c(=O)[nH]1)Cc1ccccc1OC2. The minimum atomic E-state index is -0.143. The van der Waals surface area contributed by atoms with E-state index in [0.717, 1.165) is 17.1 Å². The molecule has 3 aromatic rings. The van der Waals surface area contributed by atoms with Gasteiger partial charge in [0.1, 0.15) is 24.5 Å². The van der Waals surface area contributed by atoms with Gasteiger partial charge in [-0.2, -0.15) is 0 Å². The monoisotopic (exact) mass is 382 g/mol. The van der Waals surface area contributed by atoms with E-state index in [1.165, 1.54) is 0 Å². The Morgan fingerprint density at radius 2 is 2.25 bits per heavy atom. The molecule has 3 heterocycles. The van der Waals surface area contributed by atoms with Crippen molar-refractivity contribution in [2.45, 2.75) is 26.0 Å². The largest absolute Gasteiger partial charge is 0.487 e. The molecule has 0 saturated carbocycles. The van der Waals surface area contributed by atoms with Crippen LogP contribution in [0.25, 0.3) is 0 Å². The Labute approximate surface area is 161 Å². The molecule has 0 aliphatic carbocycles. The highest BCUT2D eigenvalue weighted by Gasteiger charge is 2.19. The predicted octanol–water partition coefficient (Wildman–Crippen LogP) is 1.15. The Bertz CT molecular complexity index is 1010. The van der Waals surface area contributed by atoms with Crippen LogP contribution in [0.2, 0.25) is 0 Å². The number of ether oxygens (including phenoxy) is 2. The van der Waals surface area contributed by atoms with Crippen LogP contribution in [0.15, 0.2) is 35.4 Å². The van der Waals surface area contributed by atoms with Gasteiger partial charge < -0.3 is 19.4 Å². The summed E-state index contributed by atoms with van der Waals surface area (Å²) in [5, 5.41) is 11.2. The molecular formula is C19H22N6O3. The fourth-order valence-electron chi connectivity index (χ4n) is 3.20. The van der Waals surface area contributed by atoms with Crippen LogP contribution in [-0.2, 0) is 30.7 Å². The summed E-state index contributed by atoms with van der Waals surface area (Å²) in [6, 6.07) is 7.74. The van der Waals surface area contributed by atoms with Crippen LogP contribution in [0, 0.1) is 0 Å². The van der Waals surface area contributed by atoms with Gasteiger partial charge in [0.25, 0.3) is 5.56 Å². The quantitative estimate of drug-likeness (QED) is 0.631. The van der Waals surface area contributed by atoms with Gasteiger partial charge in [0, 0.05) is 38.6 Å². The van der Waals surface area contributed by atoms with E-state index >= 15 is 0 Å². The van der Waals surface area contributed by atoms with Crippen LogP contribution in [0.1, 0.15) is 22.6 Å². The van der Waals surface area contributed by atoms with Crippen LogP contribution in [0.5, 0.6) is 5.75 Å². The Morgan fingerprint density at radius 1 is 1.36 bits per heavy atom. The molecule has 0 unspecified atom stereocenters. The van der Waals surface area contributed by atoms with Crippen molar-refractivity contribution in [3.63, 3.8) is 0 Å². The van der Waals surface area contributed by atoms with E-state index in [0.29, 0.717) is 49.7 Å². The van der Waals surface area contributed by atoms with Crippen molar-refractivity contribution in [3.8, 4) is 5.75 Å². The number of hydrogen-bond acceptors (Lipinski definition) is 7. The van der Waals surface area contributed by atoms with Crippen LogP contribution < -0.4 is 15.6 Å². The molecular weight excluding hydrogens is 360 g/mol. The van der Waals surface area contributed by atoms with Gasteiger partial charge in [-0.15, -0.1) is 10.2 Å². The third kappa shape index (κ3) is 3.89. The summed E-state index contributed by atoms with van der Waals surface area (Å²) in [5.74, 6) is 2.08. The molecule has 0 bridgehead atoms. The average Bonchev–Trinajstić information content (AvgIpc) is 3.05. The molecule has 28 heavy (non-hydrogen) atoms. The van der Waals surface area contributed by atoms with Gasteiger partial charge in [-0.1, -0.05) is 18.2 Å². The number of aromatic nitrogens is 5. The van der Waals surface area contributed by atoms with E-state index in [1.807, 2.05) is 28.8 Å². The second kappa shape index (κ2) is 8.22. The molecule has 9 nitrogen and oxygen atoms in total. The lowest BCUT2D eigenvalue weighted by molar-refractivity contribution is 0.186. The lowest BCUT2D eigenvalue weighted by Crippen LogP contribution is -2.21. The fraction of sp³-hybridized carbons (Fsp3) is 0.368. The first kappa shape index (κ1) is 18.2. The normalized spacial score (nSPS) is 12.6. The minimum absolute atomic E-state index is 0.143. The van der Waals surface area contributed by atoms with E-state index in [-0.39, 0.29) is 12.2 Å². The van der Waals surface area contributed by atoms with Crippen LogP contribution in [-0.4, -0.2) is 45.0 Å². The third-order valence-corrected chi connectivity index (χ3v) is 4.68.